The number of hydrogen-bond acceptors (Lipinski definition) is 6. The highest BCUT2D eigenvalue weighted by molar-refractivity contribution is 8.15. The molecule has 3 aromatic rings. The van der Waals surface area contributed by atoms with Crippen LogP contribution in [-0.4, -0.2) is 35.5 Å². The number of benzene rings is 3. The number of carbonyl (C=O) groups excluding carboxylic acids is 1. The van der Waals surface area contributed by atoms with E-state index < -0.39 is 22.4 Å². The summed E-state index contributed by atoms with van der Waals surface area (Å²) < 4.78 is 29.0. The summed E-state index contributed by atoms with van der Waals surface area (Å²) in [5.74, 6) is -1.38. The van der Waals surface area contributed by atoms with Crippen molar-refractivity contribution in [3.63, 3.8) is 0 Å². The number of thioether (sulfide) groups is 1. The van der Waals surface area contributed by atoms with Crippen molar-refractivity contribution in [2.45, 2.75) is 17.7 Å². The third kappa shape index (κ3) is 5.60. The SMILES string of the molecule is CN=C(NC#N)NCCCC1(c2ccccc2)SC(c2cc(F)ccc2F)=NN1C(=O)c1cccc(N)c1. The molecule has 1 unspecified atom stereocenters. The molecule has 0 fully saturated rings. The zero-order valence-corrected chi connectivity index (χ0v) is 21.3. The number of aliphatic imine (C=N–C) groups is 1. The standard InChI is InChI=1S/C27H25F2N7OS/c1-32-26(34-17-30)33-14-6-13-27(19-8-3-2-4-9-19)36(25(37)18-7-5-10-21(31)15-18)35-24(38-27)22-16-20(28)11-12-23(22)29/h2-5,7-12,15-16H,6,13-14,31H2,1H3,(H2,32,33,34). The number of nitrogens with one attached hydrogen (secondary N) is 2. The Morgan fingerprint density at radius 1 is 1.16 bits per heavy atom. The largest absolute Gasteiger partial charge is 0.399 e. The number of nitrogen functional groups attached to an aromatic ring is 1. The van der Waals surface area contributed by atoms with Crippen molar-refractivity contribution in [3.05, 3.63) is 101 Å². The molecule has 0 spiro atoms. The Kier molecular flexibility index (Phi) is 8.23. The van der Waals surface area contributed by atoms with Crippen molar-refractivity contribution in [2.24, 2.45) is 10.1 Å². The molecule has 11 heteroatoms. The van der Waals surface area contributed by atoms with Gasteiger partial charge in [0.25, 0.3) is 5.91 Å². The quantitative estimate of drug-likeness (QED) is 0.104. The Hall–Kier alpha value is -4.43. The monoisotopic (exact) mass is 533 g/mol. The van der Waals surface area contributed by atoms with Crippen molar-refractivity contribution >= 4 is 34.4 Å². The number of amides is 1. The van der Waals surface area contributed by atoms with Crippen LogP contribution in [0.2, 0.25) is 0 Å². The fourth-order valence-corrected chi connectivity index (χ4v) is 5.54. The molecule has 1 aliphatic rings. The van der Waals surface area contributed by atoms with Crippen molar-refractivity contribution in [1.82, 2.24) is 15.6 Å². The molecule has 0 saturated heterocycles. The maximum atomic E-state index is 14.8. The molecule has 1 aliphatic heterocycles. The van der Waals surface area contributed by atoms with E-state index in [9.17, 15) is 13.6 Å². The number of nitrogens with zero attached hydrogens (tertiary/aromatic N) is 4. The van der Waals surface area contributed by atoms with Crippen LogP contribution < -0.4 is 16.4 Å². The molecule has 3 aromatic carbocycles. The van der Waals surface area contributed by atoms with Crippen molar-refractivity contribution in [1.29, 1.82) is 5.26 Å². The van der Waals surface area contributed by atoms with Crippen LogP contribution in [-0.2, 0) is 4.87 Å². The van der Waals surface area contributed by atoms with Gasteiger partial charge < -0.3 is 11.1 Å². The molecule has 8 nitrogen and oxygen atoms in total. The number of carbonyl (C=O) groups is 1. The lowest BCUT2D eigenvalue weighted by atomic mass is 9.99. The predicted molar refractivity (Wildman–Crippen MR) is 145 cm³/mol. The number of anilines is 1. The predicted octanol–water partition coefficient (Wildman–Crippen LogP) is 4.38. The van der Waals surface area contributed by atoms with Gasteiger partial charge in [0.2, 0.25) is 5.96 Å². The van der Waals surface area contributed by atoms with E-state index in [-0.39, 0.29) is 10.6 Å². The highest BCUT2D eigenvalue weighted by Crippen LogP contribution is 2.51. The molecule has 1 amide bonds. The lowest BCUT2D eigenvalue weighted by molar-refractivity contribution is 0.0637. The summed E-state index contributed by atoms with van der Waals surface area (Å²) >= 11 is 1.19. The molecule has 0 aromatic heterocycles. The number of rotatable bonds is 7. The van der Waals surface area contributed by atoms with Gasteiger partial charge in [-0.2, -0.15) is 10.4 Å². The van der Waals surface area contributed by atoms with Gasteiger partial charge in [-0.25, -0.2) is 13.8 Å². The Labute approximate surface area is 223 Å². The highest BCUT2D eigenvalue weighted by atomic mass is 32.2. The summed E-state index contributed by atoms with van der Waals surface area (Å²) in [4.78, 5) is 16.8. The highest BCUT2D eigenvalue weighted by Gasteiger charge is 2.49. The number of nitriles is 1. The second kappa shape index (κ2) is 11.7. The van der Waals surface area contributed by atoms with E-state index >= 15 is 0 Å². The first-order valence-electron chi connectivity index (χ1n) is 11.7. The minimum Gasteiger partial charge on any atom is -0.399 e. The zero-order chi connectivity index (χ0) is 27.1. The molecule has 4 N–H and O–H groups in total. The fourth-order valence-electron chi connectivity index (χ4n) is 4.12. The van der Waals surface area contributed by atoms with Crippen LogP contribution >= 0.6 is 11.8 Å². The second-order valence-electron chi connectivity index (χ2n) is 8.36. The number of halogens is 2. The van der Waals surface area contributed by atoms with Crippen molar-refractivity contribution in [3.8, 4) is 6.19 Å². The average Bonchev–Trinajstić information content (AvgIpc) is 3.32. The Bertz CT molecular complexity index is 1420. The van der Waals surface area contributed by atoms with Crippen LogP contribution in [0.25, 0.3) is 0 Å². The summed E-state index contributed by atoms with van der Waals surface area (Å²) in [6.07, 6.45) is 2.72. The van der Waals surface area contributed by atoms with Crippen LogP contribution in [0.1, 0.15) is 34.3 Å². The Morgan fingerprint density at radius 3 is 2.66 bits per heavy atom. The van der Waals surface area contributed by atoms with E-state index in [4.69, 9.17) is 11.0 Å². The first-order valence-corrected chi connectivity index (χ1v) is 12.5. The summed E-state index contributed by atoms with van der Waals surface area (Å²) in [7, 11) is 1.55. The summed E-state index contributed by atoms with van der Waals surface area (Å²) in [5.41, 5.74) is 7.39. The third-order valence-electron chi connectivity index (χ3n) is 5.89. The van der Waals surface area contributed by atoms with E-state index in [2.05, 4.69) is 20.7 Å². The number of guanidine groups is 1. The summed E-state index contributed by atoms with van der Waals surface area (Å²) in [6, 6.07) is 19.0. The molecule has 194 valence electrons. The fraction of sp³-hybridized carbons (Fsp3) is 0.185. The van der Waals surface area contributed by atoms with Gasteiger partial charge in [-0.05, 0) is 54.8 Å². The van der Waals surface area contributed by atoms with Gasteiger partial charge in [-0.3, -0.25) is 15.1 Å². The van der Waals surface area contributed by atoms with E-state index in [1.165, 1.54) is 16.8 Å². The van der Waals surface area contributed by atoms with Gasteiger partial charge in [0.15, 0.2) is 6.19 Å². The molecular weight excluding hydrogens is 508 g/mol. The maximum Gasteiger partial charge on any atom is 0.275 e. The minimum atomic E-state index is -1.08. The summed E-state index contributed by atoms with van der Waals surface area (Å²) in [6.45, 7) is 0.417. The van der Waals surface area contributed by atoms with Crippen LogP contribution in [0.3, 0.4) is 0 Å². The lowest BCUT2D eigenvalue weighted by Crippen LogP contribution is -2.42. The van der Waals surface area contributed by atoms with Crippen LogP contribution in [0, 0.1) is 23.1 Å². The minimum absolute atomic E-state index is 0.0325. The molecule has 0 saturated carbocycles. The van der Waals surface area contributed by atoms with E-state index in [1.807, 2.05) is 36.5 Å². The molecule has 4 rings (SSSR count). The summed E-state index contributed by atoms with van der Waals surface area (Å²) in [5, 5.41) is 20.5. The topological polar surface area (TPSA) is 119 Å². The molecule has 0 aliphatic carbocycles. The van der Waals surface area contributed by atoms with Gasteiger partial charge >= 0.3 is 0 Å². The van der Waals surface area contributed by atoms with E-state index in [0.29, 0.717) is 36.6 Å². The van der Waals surface area contributed by atoms with Crippen molar-refractivity contribution in [2.75, 3.05) is 19.3 Å². The third-order valence-corrected chi connectivity index (χ3v) is 7.34. The van der Waals surface area contributed by atoms with Gasteiger partial charge in [0.1, 0.15) is 21.5 Å². The van der Waals surface area contributed by atoms with Crippen LogP contribution in [0.15, 0.2) is 82.9 Å². The van der Waals surface area contributed by atoms with E-state index in [1.54, 1.807) is 31.3 Å². The molecule has 0 radical (unpaired) electrons. The molecule has 38 heavy (non-hydrogen) atoms. The maximum absolute atomic E-state index is 14.8. The van der Waals surface area contributed by atoms with Gasteiger partial charge in [-0.15, -0.1) is 0 Å². The van der Waals surface area contributed by atoms with Crippen molar-refractivity contribution < 1.29 is 13.6 Å². The van der Waals surface area contributed by atoms with Gasteiger partial charge in [0, 0.05) is 30.4 Å². The van der Waals surface area contributed by atoms with Crippen LogP contribution in [0.4, 0.5) is 14.5 Å². The molecule has 0 bridgehead atoms. The first-order chi connectivity index (χ1) is 18.4. The normalized spacial score (nSPS) is 17.1. The smallest absolute Gasteiger partial charge is 0.275 e. The van der Waals surface area contributed by atoms with Gasteiger partial charge in [-0.1, -0.05) is 48.2 Å². The van der Waals surface area contributed by atoms with E-state index in [0.717, 1.165) is 23.8 Å². The first kappa shape index (κ1) is 26.6. The number of hydrogen-bond donors (Lipinski definition) is 3. The van der Waals surface area contributed by atoms with Crippen LogP contribution in [0.5, 0.6) is 0 Å². The second-order valence-corrected chi connectivity index (χ2v) is 9.63. The number of nitrogens with two attached hydrogens (primary N) is 1. The Balaban J connectivity index is 1.77. The molecular formula is C27H25F2N7OS. The lowest BCUT2D eigenvalue weighted by Gasteiger charge is -2.36. The molecule has 1 heterocycles. The number of hydrazone groups is 1. The average molecular weight is 534 g/mol. The van der Waals surface area contributed by atoms with Gasteiger partial charge in [0.05, 0.1) is 0 Å². The zero-order valence-electron chi connectivity index (χ0n) is 20.5. The molecule has 1 atom stereocenters. The Morgan fingerprint density at radius 2 is 1.95 bits per heavy atom.